The van der Waals surface area contributed by atoms with E-state index in [-0.39, 0.29) is 5.41 Å². The van der Waals surface area contributed by atoms with Crippen LogP contribution in [-0.2, 0) is 5.41 Å². The molecule has 3 atom stereocenters. The molecule has 0 nitrogen and oxygen atoms in total. The summed E-state index contributed by atoms with van der Waals surface area (Å²) in [6.45, 7) is 8.58. The van der Waals surface area contributed by atoms with E-state index in [4.69, 9.17) is 0 Å². The smallest absolute Gasteiger partial charge is 0.0540 e. The summed E-state index contributed by atoms with van der Waals surface area (Å²) < 4.78 is 0. The summed E-state index contributed by atoms with van der Waals surface area (Å²) in [6.07, 6.45) is 15.8. The van der Waals surface area contributed by atoms with Gasteiger partial charge in [-0.25, -0.2) is 0 Å². The van der Waals surface area contributed by atoms with Gasteiger partial charge < -0.3 is 0 Å². The molecule has 0 saturated carbocycles. The summed E-state index contributed by atoms with van der Waals surface area (Å²) in [5.41, 5.74) is 9.64. The molecule has 0 N–H and O–H groups in total. The first-order valence-corrected chi connectivity index (χ1v) is 9.79. The van der Waals surface area contributed by atoms with Crippen LogP contribution in [0, 0.1) is 12.8 Å². The number of benzene rings is 2. The number of hydrogen-bond acceptors (Lipinski definition) is 0. The van der Waals surface area contributed by atoms with E-state index >= 15 is 0 Å². The van der Waals surface area contributed by atoms with Gasteiger partial charge in [0, 0.05) is 11.8 Å². The molecule has 0 heteroatoms. The van der Waals surface area contributed by atoms with E-state index in [1.54, 1.807) is 0 Å². The maximum absolute atomic E-state index is 4.19. The van der Waals surface area contributed by atoms with Gasteiger partial charge in [-0.1, -0.05) is 91.6 Å². The van der Waals surface area contributed by atoms with E-state index in [2.05, 4.69) is 105 Å². The van der Waals surface area contributed by atoms with E-state index in [0.29, 0.717) is 11.8 Å². The van der Waals surface area contributed by atoms with Crippen molar-refractivity contribution >= 4 is 5.57 Å². The first-order valence-electron chi connectivity index (χ1n) is 9.79. The Morgan fingerprint density at radius 1 is 1.00 bits per heavy atom. The van der Waals surface area contributed by atoms with E-state index in [9.17, 15) is 0 Å². The summed E-state index contributed by atoms with van der Waals surface area (Å²) >= 11 is 0. The largest absolute Gasteiger partial charge is 0.0984 e. The van der Waals surface area contributed by atoms with Crippen molar-refractivity contribution < 1.29 is 0 Å². The molecular weight excluding hydrogens is 324 g/mol. The minimum absolute atomic E-state index is 0.140. The highest BCUT2D eigenvalue weighted by molar-refractivity contribution is 5.91. The number of aryl methyl sites for hydroxylation is 1. The number of rotatable bonds is 2. The van der Waals surface area contributed by atoms with E-state index in [1.807, 2.05) is 0 Å². The van der Waals surface area contributed by atoms with Gasteiger partial charge in [-0.2, -0.15) is 0 Å². The molecule has 0 aliphatic heterocycles. The lowest BCUT2D eigenvalue weighted by molar-refractivity contribution is 0.461. The Hall–Kier alpha value is -2.86. The molecule has 0 amide bonds. The molecular formula is C27H24. The van der Waals surface area contributed by atoms with Crippen molar-refractivity contribution in [2.75, 3.05) is 0 Å². The van der Waals surface area contributed by atoms with Crippen LogP contribution in [0.5, 0.6) is 0 Å². The van der Waals surface area contributed by atoms with Crippen LogP contribution in [0.1, 0.15) is 40.7 Å². The molecule has 3 unspecified atom stereocenters. The Kier molecular flexibility index (Phi) is 3.52. The molecule has 0 radical (unpaired) electrons. The van der Waals surface area contributed by atoms with Gasteiger partial charge in [0.25, 0.3) is 0 Å². The Morgan fingerprint density at radius 3 is 2.63 bits per heavy atom. The molecule has 0 fully saturated rings. The predicted molar refractivity (Wildman–Crippen MR) is 115 cm³/mol. The van der Waals surface area contributed by atoms with Crippen LogP contribution in [0.2, 0.25) is 0 Å². The molecule has 3 aliphatic rings. The quantitative estimate of drug-likeness (QED) is 0.570. The fourth-order valence-electron chi connectivity index (χ4n) is 5.79. The molecule has 1 spiro atoms. The molecule has 0 bridgehead atoms. The Morgan fingerprint density at radius 2 is 1.81 bits per heavy atom. The predicted octanol–water partition coefficient (Wildman–Crippen LogP) is 6.65. The SMILES string of the molecule is C=CC1=C(/C=C\C)C2(c3ccccc31)c1c(C)cccc1C1C=CC=CC12. The fraction of sp³-hybridized carbons (Fsp3) is 0.185. The van der Waals surface area contributed by atoms with Crippen LogP contribution in [0.15, 0.2) is 97.1 Å². The molecule has 2 aromatic carbocycles. The molecule has 3 aliphatic carbocycles. The lowest BCUT2D eigenvalue weighted by Crippen LogP contribution is -2.34. The van der Waals surface area contributed by atoms with Crippen molar-refractivity contribution in [1.29, 1.82) is 0 Å². The van der Waals surface area contributed by atoms with Crippen LogP contribution in [0.25, 0.3) is 5.57 Å². The zero-order valence-electron chi connectivity index (χ0n) is 15.9. The highest BCUT2D eigenvalue weighted by Crippen LogP contribution is 2.65. The second-order valence-corrected chi connectivity index (χ2v) is 7.75. The number of fused-ring (bicyclic) bond motifs is 7. The zero-order chi connectivity index (χ0) is 18.6. The Bertz CT molecular complexity index is 1070. The van der Waals surface area contributed by atoms with E-state index in [0.717, 1.165) is 0 Å². The molecule has 2 aromatic rings. The highest BCUT2D eigenvalue weighted by Gasteiger charge is 2.57. The van der Waals surface area contributed by atoms with Crippen molar-refractivity contribution in [3.8, 4) is 0 Å². The van der Waals surface area contributed by atoms with Gasteiger partial charge in [-0.3, -0.25) is 0 Å². The summed E-state index contributed by atoms with van der Waals surface area (Å²) in [4.78, 5) is 0. The minimum atomic E-state index is -0.140. The van der Waals surface area contributed by atoms with Gasteiger partial charge in [0.15, 0.2) is 0 Å². The second-order valence-electron chi connectivity index (χ2n) is 7.75. The number of allylic oxidation sites excluding steroid dienone is 9. The van der Waals surface area contributed by atoms with Crippen molar-refractivity contribution in [2.24, 2.45) is 5.92 Å². The molecule has 0 heterocycles. The lowest BCUT2D eigenvalue weighted by Gasteiger charge is -2.37. The molecule has 132 valence electrons. The molecule has 0 aromatic heterocycles. The molecule has 27 heavy (non-hydrogen) atoms. The zero-order valence-corrected chi connectivity index (χ0v) is 15.9. The van der Waals surface area contributed by atoms with Crippen LogP contribution in [-0.4, -0.2) is 0 Å². The van der Waals surface area contributed by atoms with Gasteiger partial charge in [0.2, 0.25) is 0 Å². The van der Waals surface area contributed by atoms with Gasteiger partial charge in [-0.05, 0) is 52.8 Å². The van der Waals surface area contributed by atoms with Crippen molar-refractivity contribution in [2.45, 2.75) is 25.2 Å². The summed E-state index contributed by atoms with van der Waals surface area (Å²) in [5, 5.41) is 0. The summed E-state index contributed by atoms with van der Waals surface area (Å²) in [7, 11) is 0. The fourth-order valence-corrected chi connectivity index (χ4v) is 5.79. The summed E-state index contributed by atoms with van der Waals surface area (Å²) in [5.74, 6) is 0.811. The maximum Gasteiger partial charge on any atom is 0.0540 e. The normalized spacial score (nSPS) is 27.3. The minimum Gasteiger partial charge on any atom is -0.0984 e. The lowest BCUT2D eigenvalue weighted by atomic mass is 9.64. The third-order valence-electron chi connectivity index (χ3n) is 6.59. The Labute approximate surface area is 161 Å². The monoisotopic (exact) mass is 348 g/mol. The van der Waals surface area contributed by atoms with Crippen molar-refractivity contribution in [3.05, 3.63) is 125 Å². The topological polar surface area (TPSA) is 0 Å². The van der Waals surface area contributed by atoms with Gasteiger partial charge in [-0.15, -0.1) is 0 Å². The molecule has 0 saturated heterocycles. The van der Waals surface area contributed by atoms with E-state index in [1.165, 1.54) is 39.0 Å². The average Bonchev–Trinajstić information content (AvgIpc) is 3.15. The van der Waals surface area contributed by atoms with Gasteiger partial charge in [0.1, 0.15) is 0 Å². The third kappa shape index (κ3) is 1.88. The van der Waals surface area contributed by atoms with Crippen molar-refractivity contribution in [3.63, 3.8) is 0 Å². The first kappa shape index (κ1) is 16.3. The van der Waals surface area contributed by atoms with Crippen LogP contribution in [0.3, 0.4) is 0 Å². The maximum atomic E-state index is 4.19. The van der Waals surface area contributed by atoms with Crippen molar-refractivity contribution in [1.82, 2.24) is 0 Å². The van der Waals surface area contributed by atoms with Gasteiger partial charge >= 0.3 is 0 Å². The molecule has 5 rings (SSSR count). The standard InChI is InChI=1S/C27H24/c1-4-11-23-19(5-2)20-13-6-8-16-24(20)27(23)25-17-9-7-14-21(25)22-15-10-12-18(3)26(22)27/h4-17,21,25H,2H2,1,3H3/b11-4-. The van der Waals surface area contributed by atoms with Crippen LogP contribution in [0.4, 0.5) is 0 Å². The third-order valence-corrected chi connectivity index (χ3v) is 6.59. The summed E-state index contributed by atoms with van der Waals surface area (Å²) in [6, 6.07) is 15.8. The van der Waals surface area contributed by atoms with Crippen LogP contribution >= 0.6 is 0 Å². The second kappa shape index (κ2) is 5.82. The first-order chi connectivity index (χ1) is 13.2. The number of hydrogen-bond donors (Lipinski definition) is 0. The Balaban J connectivity index is 1.98. The highest BCUT2D eigenvalue weighted by atomic mass is 14.6. The van der Waals surface area contributed by atoms with E-state index < -0.39 is 0 Å². The van der Waals surface area contributed by atoms with Crippen LogP contribution < -0.4 is 0 Å². The average molecular weight is 348 g/mol. The van der Waals surface area contributed by atoms with Gasteiger partial charge in [0.05, 0.1) is 5.41 Å².